The van der Waals surface area contributed by atoms with Crippen LogP contribution in [-0.2, 0) is 6.61 Å². The molecule has 0 amide bonds. The molecule has 2 heterocycles. The molecule has 0 spiro atoms. The summed E-state index contributed by atoms with van der Waals surface area (Å²) in [6.07, 6.45) is 5.53. The fraction of sp³-hybridized carbons (Fsp3) is 0.105. The lowest BCUT2D eigenvalue weighted by Crippen LogP contribution is -2.26. The van der Waals surface area contributed by atoms with Crippen LogP contribution in [-0.4, -0.2) is 17.1 Å². The number of benzene rings is 2. The number of nitrogens with zero attached hydrogens (tertiary/aromatic N) is 2. The molecule has 4 rings (SSSR count). The van der Waals surface area contributed by atoms with Gasteiger partial charge in [-0.25, -0.2) is 4.98 Å². The topological polar surface area (TPSA) is 62.4 Å². The summed E-state index contributed by atoms with van der Waals surface area (Å²) in [7, 11) is 1.65. The molecule has 1 aromatic heterocycles. The molecular weight excluding hydrogens is 316 g/mol. The van der Waals surface area contributed by atoms with E-state index in [1.807, 2.05) is 65.8 Å². The van der Waals surface area contributed by atoms with Crippen LogP contribution in [0.4, 0.5) is 11.5 Å². The number of hydrogen-bond donors (Lipinski definition) is 2. The first-order valence-corrected chi connectivity index (χ1v) is 7.96. The lowest BCUT2D eigenvalue weighted by molar-refractivity contribution is 0.304. The van der Waals surface area contributed by atoms with Gasteiger partial charge in [0.2, 0.25) is 0 Å². The predicted molar refractivity (Wildman–Crippen MR) is 97.5 cm³/mol. The molecule has 2 aromatic carbocycles. The van der Waals surface area contributed by atoms with Crippen LogP contribution in [0.2, 0.25) is 0 Å². The van der Waals surface area contributed by atoms with Crippen molar-refractivity contribution in [3.63, 3.8) is 0 Å². The lowest BCUT2D eigenvalue weighted by atomic mass is 10.2. The van der Waals surface area contributed by atoms with E-state index in [9.17, 15) is 0 Å². The van der Waals surface area contributed by atoms with Crippen molar-refractivity contribution in [2.24, 2.45) is 0 Å². The number of rotatable bonds is 5. The van der Waals surface area contributed by atoms with Crippen LogP contribution >= 0.6 is 0 Å². The van der Waals surface area contributed by atoms with Gasteiger partial charge >= 0.3 is 0 Å². The maximum absolute atomic E-state index is 5.87. The number of aromatic amines is 1. The second-order valence-electron chi connectivity index (χ2n) is 5.57. The molecule has 126 valence electrons. The van der Waals surface area contributed by atoms with Gasteiger partial charge in [0.25, 0.3) is 0 Å². The molecule has 2 N–H and O–H groups in total. The number of H-pyrrole nitrogens is 1. The molecule has 6 heteroatoms. The normalized spacial score (nSPS) is 12.4. The van der Waals surface area contributed by atoms with E-state index < -0.39 is 0 Å². The Kier molecular flexibility index (Phi) is 4.00. The summed E-state index contributed by atoms with van der Waals surface area (Å²) in [5.74, 6) is 2.24. The van der Waals surface area contributed by atoms with Crippen molar-refractivity contribution in [1.82, 2.24) is 9.97 Å². The Labute approximate surface area is 145 Å². The fourth-order valence-electron chi connectivity index (χ4n) is 2.65. The van der Waals surface area contributed by atoms with Gasteiger partial charge in [-0.2, -0.15) is 0 Å². The first-order chi connectivity index (χ1) is 12.3. The van der Waals surface area contributed by atoms with Crippen molar-refractivity contribution >= 4 is 17.6 Å². The number of methoxy groups -OCH3 is 1. The van der Waals surface area contributed by atoms with Crippen molar-refractivity contribution in [2.75, 3.05) is 17.5 Å². The SMILES string of the molecule is COc1cc(OCc2ccccc2)ccc1N1C=Cc2[nH]cnc2N1. The highest BCUT2D eigenvalue weighted by Gasteiger charge is 2.17. The number of nitrogens with one attached hydrogen (secondary N) is 2. The molecule has 6 nitrogen and oxygen atoms in total. The highest BCUT2D eigenvalue weighted by atomic mass is 16.5. The van der Waals surface area contributed by atoms with Crippen LogP contribution in [0.5, 0.6) is 11.5 Å². The molecule has 0 saturated heterocycles. The molecule has 0 unspecified atom stereocenters. The van der Waals surface area contributed by atoms with E-state index in [0.717, 1.165) is 28.5 Å². The lowest BCUT2D eigenvalue weighted by Gasteiger charge is -2.26. The number of anilines is 2. The number of hydrogen-bond acceptors (Lipinski definition) is 5. The highest BCUT2D eigenvalue weighted by Crippen LogP contribution is 2.34. The molecule has 0 bridgehead atoms. The predicted octanol–water partition coefficient (Wildman–Crippen LogP) is 3.82. The fourth-order valence-corrected chi connectivity index (χ4v) is 2.65. The maximum atomic E-state index is 5.87. The molecule has 3 aromatic rings. The standard InChI is InChI=1S/C19H18N4O2/c1-24-18-11-15(25-12-14-5-3-2-4-6-14)7-8-17(18)23-10-9-16-19(22-23)21-13-20-16/h2-11,13,22H,12H2,1H3,(H,20,21). The molecule has 0 saturated carbocycles. The largest absolute Gasteiger partial charge is 0.494 e. The molecule has 1 aliphatic rings. The zero-order chi connectivity index (χ0) is 17.1. The van der Waals surface area contributed by atoms with E-state index in [4.69, 9.17) is 9.47 Å². The molecule has 0 aliphatic carbocycles. The van der Waals surface area contributed by atoms with Gasteiger partial charge in [0.15, 0.2) is 5.82 Å². The average molecular weight is 334 g/mol. The third kappa shape index (κ3) is 3.14. The van der Waals surface area contributed by atoms with Gasteiger partial charge in [-0.1, -0.05) is 30.3 Å². The third-order valence-corrected chi connectivity index (χ3v) is 3.94. The average Bonchev–Trinajstić information content (AvgIpc) is 3.14. The number of imidazole rings is 1. The van der Waals surface area contributed by atoms with Crippen LogP contribution in [0.25, 0.3) is 6.08 Å². The first kappa shape index (κ1) is 15.1. The number of fused-ring (bicyclic) bond motifs is 1. The second kappa shape index (κ2) is 6.60. The minimum atomic E-state index is 0.516. The molecule has 0 fully saturated rings. The van der Waals surface area contributed by atoms with Gasteiger partial charge in [-0.15, -0.1) is 0 Å². The van der Waals surface area contributed by atoms with Crippen LogP contribution in [0.3, 0.4) is 0 Å². The summed E-state index contributed by atoms with van der Waals surface area (Å²) in [5.41, 5.74) is 6.17. The van der Waals surface area contributed by atoms with E-state index in [-0.39, 0.29) is 0 Å². The molecule has 25 heavy (non-hydrogen) atoms. The van der Waals surface area contributed by atoms with Gasteiger partial charge in [0.05, 0.1) is 19.1 Å². The quantitative estimate of drug-likeness (QED) is 0.743. The van der Waals surface area contributed by atoms with Crippen molar-refractivity contribution in [1.29, 1.82) is 0 Å². The highest BCUT2D eigenvalue weighted by molar-refractivity contribution is 5.73. The van der Waals surface area contributed by atoms with E-state index in [0.29, 0.717) is 12.4 Å². The van der Waals surface area contributed by atoms with E-state index in [2.05, 4.69) is 15.4 Å². The Balaban J connectivity index is 1.52. The van der Waals surface area contributed by atoms with Gasteiger partial charge < -0.3 is 14.5 Å². The summed E-state index contributed by atoms with van der Waals surface area (Å²) < 4.78 is 11.4. The van der Waals surface area contributed by atoms with Crippen molar-refractivity contribution < 1.29 is 9.47 Å². The molecular formula is C19H18N4O2. The number of hydrazine groups is 1. The third-order valence-electron chi connectivity index (χ3n) is 3.94. The molecule has 0 atom stereocenters. The Hall–Kier alpha value is -3.41. The summed E-state index contributed by atoms with van der Waals surface area (Å²) in [6.45, 7) is 0.516. The first-order valence-electron chi connectivity index (χ1n) is 7.96. The van der Waals surface area contributed by atoms with Crippen LogP contribution < -0.4 is 19.9 Å². The zero-order valence-electron chi connectivity index (χ0n) is 13.8. The maximum Gasteiger partial charge on any atom is 0.170 e. The molecule has 0 radical (unpaired) electrons. The van der Waals surface area contributed by atoms with Gasteiger partial charge in [0.1, 0.15) is 23.8 Å². The minimum absolute atomic E-state index is 0.516. The Bertz CT molecular complexity index is 889. The summed E-state index contributed by atoms with van der Waals surface area (Å²) in [5, 5.41) is 1.86. The van der Waals surface area contributed by atoms with E-state index in [1.54, 1.807) is 13.4 Å². The monoisotopic (exact) mass is 334 g/mol. The van der Waals surface area contributed by atoms with E-state index in [1.165, 1.54) is 0 Å². The summed E-state index contributed by atoms with van der Waals surface area (Å²) in [6, 6.07) is 15.8. The summed E-state index contributed by atoms with van der Waals surface area (Å²) in [4.78, 5) is 7.30. The zero-order valence-corrected chi connectivity index (χ0v) is 13.8. The van der Waals surface area contributed by atoms with Gasteiger partial charge in [-0.3, -0.25) is 10.4 Å². The smallest absolute Gasteiger partial charge is 0.170 e. The summed E-state index contributed by atoms with van der Waals surface area (Å²) >= 11 is 0. The van der Waals surface area contributed by atoms with Gasteiger partial charge in [0, 0.05) is 12.3 Å². The number of ether oxygens (including phenoxy) is 2. The number of aromatic nitrogens is 2. The van der Waals surface area contributed by atoms with Crippen LogP contribution in [0.1, 0.15) is 11.3 Å². The Morgan fingerprint density at radius 3 is 2.84 bits per heavy atom. The minimum Gasteiger partial charge on any atom is -0.494 e. The Morgan fingerprint density at radius 1 is 1.12 bits per heavy atom. The molecule has 1 aliphatic heterocycles. The van der Waals surface area contributed by atoms with Crippen LogP contribution in [0, 0.1) is 0 Å². The van der Waals surface area contributed by atoms with Crippen molar-refractivity contribution in [3.05, 3.63) is 72.3 Å². The Morgan fingerprint density at radius 2 is 2.00 bits per heavy atom. The van der Waals surface area contributed by atoms with E-state index >= 15 is 0 Å². The van der Waals surface area contributed by atoms with Crippen molar-refractivity contribution in [2.45, 2.75) is 6.61 Å². The van der Waals surface area contributed by atoms with Crippen molar-refractivity contribution in [3.8, 4) is 11.5 Å². The van der Waals surface area contributed by atoms with Gasteiger partial charge in [-0.05, 0) is 23.8 Å². The van der Waals surface area contributed by atoms with Crippen LogP contribution in [0.15, 0.2) is 61.1 Å². The second-order valence-corrected chi connectivity index (χ2v) is 5.57.